The van der Waals surface area contributed by atoms with Crippen LogP contribution in [0.25, 0.3) is 0 Å². The molecule has 10 heteroatoms. The number of allylic oxidation sites excluding steroid dienone is 2. The number of carbonyl (C=O) groups excluding carboxylic acids is 3. The van der Waals surface area contributed by atoms with Gasteiger partial charge in [0.15, 0.2) is 11.5 Å². The van der Waals surface area contributed by atoms with Crippen LogP contribution in [0.3, 0.4) is 0 Å². The van der Waals surface area contributed by atoms with E-state index in [1.807, 2.05) is 4.90 Å². The van der Waals surface area contributed by atoms with Gasteiger partial charge in [-0.1, -0.05) is 0 Å². The number of nitrogens with zero attached hydrogens (tertiary/aromatic N) is 1. The average molecular weight is 379 g/mol. The van der Waals surface area contributed by atoms with Crippen LogP contribution in [0.4, 0.5) is 4.79 Å². The molecule has 0 spiro atoms. The Bertz CT molecular complexity index is 804. The minimum Gasteiger partial charge on any atom is -0.485 e. The smallest absolute Gasteiger partial charge is 0.404 e. The molecule has 27 heavy (non-hydrogen) atoms. The number of methoxy groups -OCH3 is 1. The first kappa shape index (κ1) is 18.0. The maximum atomic E-state index is 13.1. The fourth-order valence-corrected chi connectivity index (χ4v) is 4.58. The van der Waals surface area contributed by atoms with Crippen molar-refractivity contribution in [2.45, 2.75) is 24.7 Å². The molecule has 2 fully saturated rings. The highest BCUT2D eigenvalue weighted by Crippen LogP contribution is 2.55. The Morgan fingerprint density at radius 1 is 1.37 bits per heavy atom. The molecule has 0 aromatic rings. The number of aliphatic hydroxyl groups excluding tert-OH is 1. The molecule has 1 aliphatic carbocycles. The second-order valence-electron chi connectivity index (χ2n) is 6.94. The first-order chi connectivity index (χ1) is 12.9. The number of carbonyl (C=O) groups is 3. The second kappa shape index (κ2) is 6.04. The van der Waals surface area contributed by atoms with Crippen molar-refractivity contribution in [3.63, 3.8) is 0 Å². The number of primary amides is 1. The zero-order chi connectivity index (χ0) is 19.5. The summed E-state index contributed by atoms with van der Waals surface area (Å²) in [5, 5.41) is 13.3. The number of aliphatic hydroxyl groups is 1. The quantitative estimate of drug-likeness (QED) is 0.281. The van der Waals surface area contributed by atoms with Gasteiger partial charge in [-0.2, -0.15) is 0 Å². The summed E-state index contributed by atoms with van der Waals surface area (Å²) in [6.07, 6.45) is -0.953. The summed E-state index contributed by atoms with van der Waals surface area (Å²) >= 11 is 0. The SMILES string of the molecule is COC12C(CO)C3=C(C(=O)C(C)=C(OCCOC(N)=O)C3=O)N1CC1NC12. The van der Waals surface area contributed by atoms with E-state index < -0.39 is 23.5 Å². The van der Waals surface area contributed by atoms with Crippen molar-refractivity contribution in [2.24, 2.45) is 11.7 Å². The lowest BCUT2D eigenvalue weighted by atomic mass is 9.83. The highest BCUT2D eigenvalue weighted by molar-refractivity contribution is 6.25. The highest BCUT2D eigenvalue weighted by atomic mass is 16.6. The summed E-state index contributed by atoms with van der Waals surface area (Å²) in [7, 11) is 1.52. The monoisotopic (exact) mass is 379 g/mol. The fraction of sp³-hybridized carbons (Fsp3) is 0.588. The van der Waals surface area contributed by atoms with E-state index in [9.17, 15) is 19.5 Å². The molecule has 4 atom stereocenters. The van der Waals surface area contributed by atoms with Gasteiger partial charge in [-0.05, 0) is 6.92 Å². The zero-order valence-corrected chi connectivity index (χ0v) is 15.0. The average Bonchev–Trinajstić information content (AvgIpc) is 3.24. The summed E-state index contributed by atoms with van der Waals surface area (Å²) in [6, 6.07) is 0.114. The molecule has 3 heterocycles. The standard InChI is InChI=1S/C17H21N3O7/c1-7-12(22)11-10(13(23)14(7)26-3-4-27-16(18)24)8(6-21)17(25-2)15-9(19-15)5-20(11)17/h8-9,15,19,21H,3-6H2,1-2H3,(H2,18,24). The van der Waals surface area contributed by atoms with E-state index in [0.29, 0.717) is 6.54 Å². The molecule has 1 amide bonds. The molecular formula is C17H21N3O7. The summed E-state index contributed by atoms with van der Waals surface area (Å²) in [5.41, 5.74) is 4.60. The molecule has 2 saturated heterocycles. The maximum Gasteiger partial charge on any atom is 0.404 e. The fourth-order valence-electron chi connectivity index (χ4n) is 4.58. The van der Waals surface area contributed by atoms with Crippen LogP contribution in [0.15, 0.2) is 22.6 Å². The van der Waals surface area contributed by atoms with Crippen LogP contribution in [-0.2, 0) is 23.8 Å². The number of hydrogen-bond acceptors (Lipinski definition) is 9. The molecule has 0 saturated carbocycles. The molecule has 10 nitrogen and oxygen atoms in total. The summed E-state index contributed by atoms with van der Waals surface area (Å²) in [5.74, 6) is -1.55. The van der Waals surface area contributed by atoms with Gasteiger partial charge >= 0.3 is 6.09 Å². The molecule has 0 aromatic carbocycles. The summed E-state index contributed by atoms with van der Waals surface area (Å²) < 4.78 is 15.8. The number of ether oxygens (including phenoxy) is 3. The van der Waals surface area contributed by atoms with Gasteiger partial charge in [0.25, 0.3) is 0 Å². The lowest BCUT2D eigenvalue weighted by Gasteiger charge is -2.39. The number of fused-ring (bicyclic) bond motifs is 4. The number of nitrogens with two attached hydrogens (primary N) is 1. The third kappa shape index (κ3) is 2.27. The van der Waals surface area contributed by atoms with Gasteiger partial charge in [0.05, 0.1) is 24.3 Å². The molecule has 4 rings (SSSR count). The van der Waals surface area contributed by atoms with Crippen molar-refractivity contribution in [3.8, 4) is 0 Å². The predicted molar refractivity (Wildman–Crippen MR) is 89.0 cm³/mol. The molecule has 146 valence electrons. The number of ketones is 2. The maximum absolute atomic E-state index is 13.1. The van der Waals surface area contributed by atoms with Gasteiger partial charge in [0.2, 0.25) is 11.6 Å². The lowest BCUT2D eigenvalue weighted by molar-refractivity contribution is -0.137. The Kier molecular flexibility index (Phi) is 4.02. The second-order valence-corrected chi connectivity index (χ2v) is 6.94. The Balaban J connectivity index is 1.65. The van der Waals surface area contributed by atoms with Crippen LogP contribution in [0.5, 0.6) is 0 Å². The van der Waals surface area contributed by atoms with Crippen LogP contribution < -0.4 is 11.1 Å². The van der Waals surface area contributed by atoms with E-state index in [1.165, 1.54) is 14.0 Å². The normalized spacial score (nSPS) is 33.9. The first-order valence-corrected chi connectivity index (χ1v) is 8.67. The van der Waals surface area contributed by atoms with Gasteiger partial charge in [-0.3, -0.25) is 9.59 Å². The number of nitrogens with one attached hydrogen (secondary N) is 1. The largest absolute Gasteiger partial charge is 0.485 e. The number of amides is 1. The highest BCUT2D eigenvalue weighted by Gasteiger charge is 2.72. The first-order valence-electron chi connectivity index (χ1n) is 8.67. The van der Waals surface area contributed by atoms with E-state index in [0.717, 1.165) is 0 Å². The Hall–Kier alpha value is -2.43. The zero-order valence-electron chi connectivity index (χ0n) is 15.0. The number of rotatable bonds is 6. The topological polar surface area (TPSA) is 150 Å². The van der Waals surface area contributed by atoms with Crippen LogP contribution in [0, 0.1) is 5.92 Å². The summed E-state index contributed by atoms with van der Waals surface area (Å²) in [6.45, 7) is 1.44. The Labute approximate surface area is 154 Å². The number of Topliss-reactive ketones (excluding diaryl/α,β-unsaturated/α-hetero) is 2. The molecule has 4 aliphatic rings. The van der Waals surface area contributed by atoms with E-state index in [-0.39, 0.29) is 60.3 Å². The van der Waals surface area contributed by atoms with Crippen molar-refractivity contribution in [2.75, 3.05) is 33.5 Å². The molecule has 0 bridgehead atoms. The number of piperazine rings is 1. The third-order valence-electron chi connectivity index (χ3n) is 5.74. The van der Waals surface area contributed by atoms with E-state index in [1.54, 1.807) is 0 Å². The van der Waals surface area contributed by atoms with Crippen LogP contribution in [0.1, 0.15) is 6.92 Å². The minimum atomic E-state index is -0.958. The van der Waals surface area contributed by atoms with Gasteiger partial charge in [0, 0.05) is 30.8 Å². The molecular weight excluding hydrogens is 358 g/mol. The lowest BCUT2D eigenvalue weighted by Crippen LogP contribution is -2.54. The van der Waals surface area contributed by atoms with Crippen LogP contribution >= 0.6 is 0 Å². The van der Waals surface area contributed by atoms with Crippen molar-refractivity contribution in [1.82, 2.24) is 10.2 Å². The molecule has 4 N–H and O–H groups in total. The predicted octanol–water partition coefficient (Wildman–Crippen LogP) is -1.60. The number of hydrogen-bond donors (Lipinski definition) is 3. The minimum absolute atomic E-state index is 0.0560. The van der Waals surface area contributed by atoms with Crippen LogP contribution in [-0.4, -0.2) is 79.0 Å². The summed E-state index contributed by atoms with van der Waals surface area (Å²) in [4.78, 5) is 38.6. The van der Waals surface area contributed by atoms with Gasteiger partial charge in [-0.25, -0.2) is 4.79 Å². The van der Waals surface area contributed by atoms with Gasteiger partial charge in [-0.15, -0.1) is 0 Å². The molecule has 3 aliphatic heterocycles. The van der Waals surface area contributed by atoms with Crippen molar-refractivity contribution < 1.29 is 33.7 Å². The Morgan fingerprint density at radius 3 is 2.74 bits per heavy atom. The van der Waals surface area contributed by atoms with E-state index in [4.69, 9.17) is 15.2 Å². The van der Waals surface area contributed by atoms with Crippen LogP contribution in [0.2, 0.25) is 0 Å². The third-order valence-corrected chi connectivity index (χ3v) is 5.74. The van der Waals surface area contributed by atoms with Crippen molar-refractivity contribution >= 4 is 17.7 Å². The molecule has 0 radical (unpaired) electrons. The van der Waals surface area contributed by atoms with Crippen molar-refractivity contribution in [3.05, 3.63) is 22.6 Å². The molecule has 4 unspecified atom stereocenters. The van der Waals surface area contributed by atoms with Crippen molar-refractivity contribution in [1.29, 1.82) is 0 Å². The molecule has 0 aromatic heterocycles. The van der Waals surface area contributed by atoms with E-state index >= 15 is 0 Å². The Morgan fingerprint density at radius 2 is 2.11 bits per heavy atom. The van der Waals surface area contributed by atoms with Gasteiger partial charge in [0.1, 0.15) is 13.2 Å². The van der Waals surface area contributed by atoms with Gasteiger partial charge < -0.3 is 35.3 Å². The van der Waals surface area contributed by atoms with E-state index in [2.05, 4.69) is 10.1 Å².